The molecule has 0 unspecified atom stereocenters. The molecule has 0 saturated heterocycles. The maximum atomic E-state index is 5.50. The third-order valence-corrected chi connectivity index (χ3v) is 1.10. The van der Waals surface area contributed by atoms with Crippen LogP contribution in [0, 0.1) is 0 Å². The zero-order chi connectivity index (χ0) is 7.40. The highest BCUT2D eigenvalue weighted by atomic mass is 15.3. The Morgan fingerprint density at radius 1 is 1.30 bits per heavy atom. The van der Waals surface area contributed by atoms with Crippen LogP contribution in [-0.4, -0.2) is 7.85 Å². The summed E-state index contributed by atoms with van der Waals surface area (Å²) in [5.41, 5.74) is 1.18. The van der Waals surface area contributed by atoms with E-state index in [1.165, 1.54) is 0 Å². The molecule has 0 aliphatic heterocycles. The largest absolute Gasteiger partial charge is 0.305 e. The van der Waals surface area contributed by atoms with Crippen molar-refractivity contribution in [1.29, 1.82) is 0 Å². The zero-order valence-electron chi connectivity index (χ0n) is 5.36. The first-order valence-electron chi connectivity index (χ1n) is 2.80. The number of hydrogen-bond acceptors (Lipinski definition) is 2. The number of rotatable bonds is 1. The summed E-state index contributed by atoms with van der Waals surface area (Å²) >= 11 is 0. The summed E-state index contributed by atoms with van der Waals surface area (Å²) in [6.45, 7) is 0. The second-order valence-corrected chi connectivity index (χ2v) is 1.77. The van der Waals surface area contributed by atoms with Gasteiger partial charge < -0.3 is 5.84 Å². The lowest BCUT2D eigenvalue weighted by molar-refractivity contribution is 1.06. The molecule has 2 N–H and O–H groups in total. The monoisotopic (exact) mass is 131 g/mol. The van der Waals surface area contributed by atoms with Crippen molar-refractivity contribution in [1.82, 2.24) is 0 Å². The second-order valence-electron chi connectivity index (χ2n) is 1.77. The van der Waals surface area contributed by atoms with Gasteiger partial charge in [0.25, 0.3) is 0 Å². The van der Waals surface area contributed by atoms with E-state index in [0.29, 0.717) is 11.2 Å². The van der Waals surface area contributed by atoms with E-state index in [-0.39, 0.29) is 0 Å². The van der Waals surface area contributed by atoms with Crippen LogP contribution in [0.5, 0.6) is 0 Å². The van der Waals surface area contributed by atoms with Gasteiger partial charge in [-0.1, -0.05) is 28.9 Å². The normalized spacial score (nSPS) is 10.4. The Labute approximate surface area is 60.3 Å². The first-order valence-corrected chi connectivity index (χ1v) is 2.80. The summed E-state index contributed by atoms with van der Waals surface area (Å²) in [6, 6.07) is 7.13. The lowest BCUT2D eigenvalue weighted by Crippen LogP contribution is -2.00. The van der Waals surface area contributed by atoms with Crippen molar-refractivity contribution < 1.29 is 0 Å². The van der Waals surface area contributed by atoms with Gasteiger partial charge in [-0.2, -0.15) is 0 Å². The summed E-state index contributed by atoms with van der Waals surface area (Å²) in [6.07, 6.45) is 0. The summed E-state index contributed by atoms with van der Waals surface area (Å²) in [5, 5.41) is 6.70. The minimum atomic E-state index is 0.580. The number of hydrogen-bond donors (Lipinski definition) is 1. The van der Waals surface area contributed by atoms with Gasteiger partial charge in [-0.15, -0.1) is 5.11 Å². The smallest absolute Gasteiger partial charge is 0.116 e. The molecule has 0 fully saturated rings. The van der Waals surface area contributed by atoms with Gasteiger partial charge >= 0.3 is 0 Å². The van der Waals surface area contributed by atoms with Gasteiger partial charge in [-0.3, -0.25) is 0 Å². The first kappa shape index (κ1) is 6.80. The quantitative estimate of drug-likeness (QED) is 0.255. The third kappa shape index (κ3) is 1.34. The average molecular weight is 131 g/mol. The lowest BCUT2D eigenvalue weighted by Gasteiger charge is -1.94. The van der Waals surface area contributed by atoms with Gasteiger partial charge in [-0.05, 0) is 6.07 Å². The molecule has 0 spiro atoms. The van der Waals surface area contributed by atoms with E-state index in [1.807, 2.05) is 12.1 Å². The fourth-order valence-electron chi connectivity index (χ4n) is 0.641. The van der Waals surface area contributed by atoms with Crippen LogP contribution in [0.4, 0.5) is 5.69 Å². The second kappa shape index (κ2) is 3.01. The van der Waals surface area contributed by atoms with Crippen molar-refractivity contribution in [3.8, 4) is 0 Å². The molecule has 1 aromatic carbocycles. The molecule has 0 aromatic heterocycles. The Kier molecular flexibility index (Phi) is 2.05. The Morgan fingerprint density at radius 2 is 2.00 bits per heavy atom. The molecular formula is C6H6BN3. The molecule has 0 atom stereocenters. The molecule has 0 heterocycles. The maximum absolute atomic E-state index is 5.50. The van der Waals surface area contributed by atoms with Gasteiger partial charge in [-0.25, -0.2) is 0 Å². The summed E-state index contributed by atoms with van der Waals surface area (Å²) in [7, 11) is 5.50. The Hall–Kier alpha value is -1.32. The number of benzene rings is 1. The van der Waals surface area contributed by atoms with Gasteiger partial charge in [0.15, 0.2) is 0 Å². The van der Waals surface area contributed by atoms with E-state index < -0.39 is 0 Å². The van der Waals surface area contributed by atoms with E-state index in [4.69, 9.17) is 13.7 Å². The minimum absolute atomic E-state index is 0.580. The fourth-order valence-corrected chi connectivity index (χ4v) is 0.641. The Balaban J connectivity index is 3.03. The van der Waals surface area contributed by atoms with Crippen LogP contribution in [0.2, 0.25) is 0 Å². The van der Waals surface area contributed by atoms with E-state index in [1.54, 1.807) is 12.1 Å². The summed E-state index contributed by atoms with van der Waals surface area (Å²) in [5.74, 6) is 4.83. The summed E-state index contributed by atoms with van der Waals surface area (Å²) in [4.78, 5) is 0. The molecule has 3 nitrogen and oxygen atoms in total. The first-order chi connectivity index (χ1) is 4.84. The van der Waals surface area contributed by atoms with Crippen LogP contribution in [-0.2, 0) is 0 Å². The van der Waals surface area contributed by atoms with Crippen LogP contribution in [0.15, 0.2) is 34.6 Å². The third-order valence-electron chi connectivity index (χ3n) is 1.10. The van der Waals surface area contributed by atoms with E-state index >= 15 is 0 Å². The Bertz CT molecular complexity index is 247. The molecule has 1 aromatic rings. The predicted molar refractivity (Wildman–Crippen MR) is 40.5 cm³/mol. The number of nitrogens with zero attached hydrogens (tertiary/aromatic N) is 2. The van der Waals surface area contributed by atoms with Crippen LogP contribution in [0.1, 0.15) is 0 Å². The number of nitrogens with two attached hydrogens (primary N) is 1. The molecule has 1 rings (SSSR count). The van der Waals surface area contributed by atoms with Crippen molar-refractivity contribution in [2.24, 2.45) is 16.2 Å². The van der Waals surface area contributed by atoms with Crippen molar-refractivity contribution >= 4 is 19.0 Å². The fraction of sp³-hybridized carbons (Fsp3) is 0. The van der Waals surface area contributed by atoms with E-state index in [0.717, 1.165) is 0 Å². The van der Waals surface area contributed by atoms with Gasteiger partial charge in [0, 0.05) is 0 Å². The topological polar surface area (TPSA) is 50.7 Å². The van der Waals surface area contributed by atoms with Crippen LogP contribution >= 0.6 is 0 Å². The van der Waals surface area contributed by atoms with E-state index in [2.05, 4.69) is 10.3 Å². The van der Waals surface area contributed by atoms with Gasteiger partial charge in [0.2, 0.25) is 0 Å². The highest BCUT2D eigenvalue weighted by molar-refractivity contribution is 6.35. The maximum Gasteiger partial charge on any atom is 0.116 e. The molecule has 0 amide bonds. The molecule has 0 bridgehead atoms. The van der Waals surface area contributed by atoms with Crippen LogP contribution < -0.4 is 11.3 Å². The molecule has 0 saturated carbocycles. The molecule has 48 valence electrons. The lowest BCUT2D eigenvalue weighted by atomic mass is 9.95. The molecule has 10 heavy (non-hydrogen) atoms. The minimum Gasteiger partial charge on any atom is -0.305 e. The average Bonchev–Trinajstić information content (AvgIpc) is 1.94. The van der Waals surface area contributed by atoms with Gasteiger partial charge in [0.1, 0.15) is 7.85 Å². The summed E-state index contributed by atoms with van der Waals surface area (Å²) < 4.78 is 0. The van der Waals surface area contributed by atoms with Crippen LogP contribution in [0.3, 0.4) is 0 Å². The van der Waals surface area contributed by atoms with Crippen LogP contribution in [0.25, 0.3) is 0 Å². The molecule has 2 radical (unpaired) electrons. The predicted octanol–water partition coefficient (Wildman–Crippen LogP) is 0.438. The van der Waals surface area contributed by atoms with E-state index in [9.17, 15) is 0 Å². The van der Waals surface area contributed by atoms with Crippen molar-refractivity contribution in [3.05, 3.63) is 24.3 Å². The highest BCUT2D eigenvalue weighted by Crippen LogP contribution is 2.04. The Morgan fingerprint density at radius 3 is 2.60 bits per heavy atom. The van der Waals surface area contributed by atoms with Crippen molar-refractivity contribution in [2.75, 3.05) is 0 Å². The molecular weight excluding hydrogens is 125 g/mol. The SMILES string of the molecule is [B]c1ccccc1N=NN. The van der Waals surface area contributed by atoms with Crippen molar-refractivity contribution in [2.45, 2.75) is 0 Å². The van der Waals surface area contributed by atoms with Gasteiger partial charge in [0.05, 0.1) is 5.69 Å². The molecule has 0 aliphatic rings. The molecule has 0 aliphatic carbocycles. The zero-order valence-corrected chi connectivity index (χ0v) is 5.36. The highest BCUT2D eigenvalue weighted by Gasteiger charge is 1.90. The standard InChI is InChI=1S/C6H6BN3/c7-5-3-1-2-4-6(5)9-10-8/h1-4H,(H2,8,9). The molecule has 4 heteroatoms. The van der Waals surface area contributed by atoms with Crippen molar-refractivity contribution in [3.63, 3.8) is 0 Å².